The summed E-state index contributed by atoms with van der Waals surface area (Å²) in [6, 6.07) is 17.2. The number of anilines is 1. The molecule has 3 nitrogen and oxygen atoms in total. The molecule has 0 unspecified atom stereocenters. The maximum Gasteiger partial charge on any atom is 0.142 e. The first-order chi connectivity index (χ1) is 10.8. The first-order valence-corrected chi connectivity index (χ1v) is 8.11. The first kappa shape index (κ1) is 14.9. The smallest absolute Gasteiger partial charge is 0.142 e. The number of rotatable bonds is 6. The van der Waals surface area contributed by atoms with Crippen molar-refractivity contribution in [2.45, 2.75) is 19.9 Å². The Balaban J connectivity index is 1.58. The van der Waals surface area contributed by atoms with Crippen molar-refractivity contribution in [1.29, 1.82) is 0 Å². The van der Waals surface area contributed by atoms with Gasteiger partial charge >= 0.3 is 0 Å². The third-order valence-electron chi connectivity index (χ3n) is 4.13. The number of hydrogen-bond acceptors (Lipinski definition) is 3. The number of fused-ring (bicyclic) bond motifs is 1. The summed E-state index contributed by atoms with van der Waals surface area (Å²) >= 11 is 0. The van der Waals surface area contributed by atoms with E-state index in [0.717, 1.165) is 50.6 Å². The molecule has 1 aliphatic heterocycles. The molecule has 116 valence electrons. The maximum atomic E-state index is 5.63. The van der Waals surface area contributed by atoms with Crippen molar-refractivity contribution in [2.24, 2.45) is 0 Å². The van der Waals surface area contributed by atoms with Gasteiger partial charge in [-0.2, -0.15) is 0 Å². The van der Waals surface area contributed by atoms with E-state index in [9.17, 15) is 0 Å². The minimum absolute atomic E-state index is 0.757. The number of ether oxygens (including phenoxy) is 1. The van der Waals surface area contributed by atoms with Crippen LogP contribution in [-0.2, 0) is 13.0 Å². The lowest BCUT2D eigenvalue weighted by Crippen LogP contribution is -2.25. The van der Waals surface area contributed by atoms with Crippen molar-refractivity contribution < 1.29 is 4.74 Å². The van der Waals surface area contributed by atoms with Crippen LogP contribution in [0.2, 0.25) is 0 Å². The van der Waals surface area contributed by atoms with Crippen molar-refractivity contribution in [2.75, 3.05) is 31.6 Å². The van der Waals surface area contributed by atoms with E-state index in [1.807, 2.05) is 0 Å². The molecule has 0 saturated heterocycles. The predicted molar refractivity (Wildman–Crippen MR) is 91.5 cm³/mol. The van der Waals surface area contributed by atoms with Gasteiger partial charge in [-0.1, -0.05) is 43.3 Å². The molecule has 0 amide bonds. The molecule has 22 heavy (non-hydrogen) atoms. The molecule has 0 saturated carbocycles. The molecule has 1 aliphatic rings. The second-order valence-electron chi connectivity index (χ2n) is 5.71. The highest BCUT2D eigenvalue weighted by molar-refractivity contribution is 5.59. The molecule has 3 heteroatoms. The fourth-order valence-electron chi connectivity index (χ4n) is 2.82. The Morgan fingerprint density at radius 1 is 1.09 bits per heavy atom. The fraction of sp³-hybridized carbons (Fsp3) is 0.368. The second kappa shape index (κ2) is 7.32. The standard InChI is InChI=1S/C19H24N2O/c1-2-21(15-17-6-4-3-5-7-17)12-10-16-8-9-19-18(14-16)20-11-13-22-19/h3-9,14,20H,2,10-13,15H2,1H3. The average Bonchev–Trinajstić information content (AvgIpc) is 2.59. The third-order valence-corrected chi connectivity index (χ3v) is 4.13. The Morgan fingerprint density at radius 3 is 2.77 bits per heavy atom. The lowest BCUT2D eigenvalue weighted by atomic mass is 10.1. The van der Waals surface area contributed by atoms with Gasteiger partial charge in [-0.05, 0) is 36.2 Å². The van der Waals surface area contributed by atoms with Crippen LogP contribution in [0.5, 0.6) is 5.75 Å². The minimum atomic E-state index is 0.757. The summed E-state index contributed by atoms with van der Waals surface area (Å²) in [4.78, 5) is 2.48. The molecule has 0 aromatic heterocycles. The zero-order valence-corrected chi connectivity index (χ0v) is 13.2. The first-order valence-electron chi connectivity index (χ1n) is 8.11. The molecule has 0 aliphatic carbocycles. The van der Waals surface area contributed by atoms with Crippen molar-refractivity contribution >= 4 is 5.69 Å². The molecule has 0 radical (unpaired) electrons. The minimum Gasteiger partial charge on any atom is -0.490 e. The SMILES string of the molecule is CCN(CCc1ccc2c(c1)NCCO2)Cc1ccccc1. The summed E-state index contributed by atoms with van der Waals surface area (Å²) in [5.74, 6) is 0.978. The highest BCUT2D eigenvalue weighted by atomic mass is 16.5. The van der Waals surface area contributed by atoms with Crippen molar-refractivity contribution in [3.05, 3.63) is 59.7 Å². The van der Waals surface area contributed by atoms with Gasteiger partial charge in [0.2, 0.25) is 0 Å². The van der Waals surface area contributed by atoms with Gasteiger partial charge in [-0.25, -0.2) is 0 Å². The van der Waals surface area contributed by atoms with E-state index in [-0.39, 0.29) is 0 Å². The normalized spacial score (nSPS) is 13.4. The van der Waals surface area contributed by atoms with Gasteiger partial charge in [0.15, 0.2) is 0 Å². The third kappa shape index (κ3) is 3.80. The van der Waals surface area contributed by atoms with Crippen molar-refractivity contribution in [1.82, 2.24) is 4.90 Å². The molecule has 0 spiro atoms. The monoisotopic (exact) mass is 296 g/mol. The molecule has 0 fully saturated rings. The highest BCUT2D eigenvalue weighted by Gasteiger charge is 2.10. The van der Waals surface area contributed by atoms with Crippen LogP contribution < -0.4 is 10.1 Å². The number of likely N-dealkylation sites (N-methyl/N-ethyl adjacent to an activating group) is 1. The predicted octanol–water partition coefficient (Wildman–Crippen LogP) is 3.56. The van der Waals surface area contributed by atoms with Crippen LogP contribution in [0.15, 0.2) is 48.5 Å². The van der Waals surface area contributed by atoms with Gasteiger partial charge in [0.25, 0.3) is 0 Å². The maximum absolute atomic E-state index is 5.63. The molecule has 2 aromatic rings. The summed E-state index contributed by atoms with van der Waals surface area (Å²) in [7, 11) is 0. The van der Waals surface area contributed by atoms with Gasteiger partial charge in [0.05, 0.1) is 5.69 Å². The lowest BCUT2D eigenvalue weighted by molar-refractivity contribution is 0.283. The summed E-state index contributed by atoms with van der Waals surface area (Å²) < 4.78 is 5.63. The highest BCUT2D eigenvalue weighted by Crippen LogP contribution is 2.28. The number of nitrogens with zero attached hydrogens (tertiary/aromatic N) is 1. The van der Waals surface area contributed by atoms with Crippen molar-refractivity contribution in [3.63, 3.8) is 0 Å². The zero-order valence-electron chi connectivity index (χ0n) is 13.2. The molecular formula is C19H24N2O. The fourth-order valence-corrected chi connectivity index (χ4v) is 2.82. The van der Waals surface area contributed by atoms with Crippen LogP contribution in [0.1, 0.15) is 18.1 Å². The summed E-state index contributed by atoms with van der Waals surface area (Å²) in [6.07, 6.45) is 1.07. The van der Waals surface area contributed by atoms with E-state index in [2.05, 4.69) is 65.7 Å². The number of hydrogen-bond donors (Lipinski definition) is 1. The Labute approximate surface area is 132 Å². The van der Waals surface area contributed by atoms with E-state index >= 15 is 0 Å². The van der Waals surface area contributed by atoms with Gasteiger partial charge in [0, 0.05) is 19.6 Å². The van der Waals surface area contributed by atoms with Gasteiger partial charge in [-0.15, -0.1) is 0 Å². The summed E-state index contributed by atoms with van der Waals surface area (Å²) in [5.41, 5.74) is 3.88. The topological polar surface area (TPSA) is 24.5 Å². The van der Waals surface area contributed by atoms with Gasteiger partial charge in [-0.3, -0.25) is 4.90 Å². The van der Waals surface area contributed by atoms with Gasteiger partial charge in [0.1, 0.15) is 12.4 Å². The number of nitrogens with one attached hydrogen (secondary N) is 1. The molecule has 3 rings (SSSR count). The van der Waals surface area contributed by atoms with E-state index in [1.165, 1.54) is 11.1 Å². The Kier molecular flexibility index (Phi) is 4.96. The van der Waals surface area contributed by atoms with Crippen LogP contribution in [0.3, 0.4) is 0 Å². The second-order valence-corrected chi connectivity index (χ2v) is 5.71. The van der Waals surface area contributed by atoms with Gasteiger partial charge < -0.3 is 10.1 Å². The average molecular weight is 296 g/mol. The molecular weight excluding hydrogens is 272 g/mol. The summed E-state index contributed by atoms with van der Waals surface area (Å²) in [6.45, 7) is 7.04. The van der Waals surface area contributed by atoms with Crippen LogP contribution in [-0.4, -0.2) is 31.1 Å². The van der Waals surface area contributed by atoms with Crippen LogP contribution >= 0.6 is 0 Å². The van der Waals surface area contributed by atoms with Crippen LogP contribution in [0, 0.1) is 0 Å². The van der Waals surface area contributed by atoms with Crippen molar-refractivity contribution in [3.8, 4) is 5.75 Å². The lowest BCUT2D eigenvalue weighted by Gasteiger charge is -2.22. The van der Waals surface area contributed by atoms with Crippen LogP contribution in [0.25, 0.3) is 0 Å². The van der Waals surface area contributed by atoms with E-state index in [0.29, 0.717) is 0 Å². The Morgan fingerprint density at radius 2 is 1.95 bits per heavy atom. The molecule has 2 aromatic carbocycles. The quantitative estimate of drug-likeness (QED) is 0.882. The Bertz CT molecular complexity index is 598. The Hall–Kier alpha value is -2.00. The van der Waals surface area contributed by atoms with E-state index in [4.69, 9.17) is 4.74 Å². The van der Waals surface area contributed by atoms with E-state index in [1.54, 1.807) is 0 Å². The summed E-state index contributed by atoms with van der Waals surface area (Å²) in [5, 5.41) is 3.41. The molecule has 1 heterocycles. The van der Waals surface area contributed by atoms with Crippen LogP contribution in [0.4, 0.5) is 5.69 Å². The van der Waals surface area contributed by atoms with E-state index < -0.39 is 0 Å². The molecule has 1 N–H and O–H groups in total. The zero-order chi connectivity index (χ0) is 15.2. The largest absolute Gasteiger partial charge is 0.490 e. The number of benzene rings is 2. The molecule has 0 atom stereocenters. The molecule has 0 bridgehead atoms.